The van der Waals surface area contributed by atoms with E-state index in [4.69, 9.17) is 4.74 Å². The minimum absolute atomic E-state index is 0.148. The van der Waals surface area contributed by atoms with Crippen LogP contribution in [0.5, 0.6) is 0 Å². The third kappa shape index (κ3) is 2.93. The quantitative estimate of drug-likeness (QED) is 0.614. The molecule has 0 aromatic heterocycles. The fourth-order valence-electron chi connectivity index (χ4n) is 2.74. The number of nitrogens with zero attached hydrogens (tertiary/aromatic N) is 2. The van der Waals surface area contributed by atoms with Gasteiger partial charge < -0.3 is 9.64 Å². The lowest BCUT2D eigenvalue weighted by Gasteiger charge is -2.48. The van der Waals surface area contributed by atoms with E-state index in [1.165, 1.54) is 6.42 Å². The van der Waals surface area contributed by atoms with Gasteiger partial charge in [-0.3, -0.25) is 10.1 Å². The highest BCUT2D eigenvalue weighted by Crippen LogP contribution is 2.37. The average Bonchev–Trinajstić information content (AvgIpc) is 2.48. The summed E-state index contributed by atoms with van der Waals surface area (Å²) in [6, 6.07) is 6.80. The van der Waals surface area contributed by atoms with E-state index in [0.717, 1.165) is 38.2 Å². The molecule has 0 bridgehead atoms. The summed E-state index contributed by atoms with van der Waals surface area (Å²) in [4.78, 5) is 12.5. The number of rotatable bonds is 2. The van der Waals surface area contributed by atoms with Crippen LogP contribution in [-0.2, 0) is 4.74 Å². The van der Waals surface area contributed by atoms with Crippen molar-refractivity contribution in [3.63, 3.8) is 0 Å². The predicted octanol–water partition coefficient (Wildman–Crippen LogP) is 3.38. The van der Waals surface area contributed by atoms with Crippen molar-refractivity contribution in [1.29, 1.82) is 0 Å². The van der Waals surface area contributed by atoms with Crippen molar-refractivity contribution in [2.24, 2.45) is 0 Å². The second-order valence-electron chi connectivity index (χ2n) is 5.04. The third-order valence-electron chi connectivity index (χ3n) is 4.07. The van der Waals surface area contributed by atoms with Gasteiger partial charge in [-0.2, -0.15) is 0 Å². The highest BCUT2D eigenvalue weighted by molar-refractivity contribution is 5.51. The molecule has 0 N–H and O–H groups in total. The monoisotopic (exact) mass is 278 g/mol. The summed E-state index contributed by atoms with van der Waals surface area (Å²) in [6.45, 7) is 6.84. The maximum absolute atomic E-state index is 10.6. The van der Waals surface area contributed by atoms with Gasteiger partial charge >= 0.3 is 0 Å². The second kappa shape index (κ2) is 6.22. The maximum atomic E-state index is 10.6. The molecule has 2 fully saturated rings. The van der Waals surface area contributed by atoms with Gasteiger partial charge in [-0.05, 0) is 31.4 Å². The number of ether oxygens (including phenoxy) is 1. The molecule has 0 unspecified atom stereocenters. The lowest BCUT2D eigenvalue weighted by atomic mass is 9.84. The Kier molecular flexibility index (Phi) is 4.60. The molecular formula is C15H22N2O3. The molecule has 2 heterocycles. The molecule has 110 valence electrons. The predicted molar refractivity (Wildman–Crippen MR) is 79.2 cm³/mol. The van der Waals surface area contributed by atoms with Gasteiger partial charge in [-0.15, -0.1) is 0 Å². The van der Waals surface area contributed by atoms with Crippen molar-refractivity contribution >= 4 is 11.4 Å². The smallest absolute Gasteiger partial charge is 0.269 e. The van der Waals surface area contributed by atoms with E-state index in [2.05, 4.69) is 4.90 Å². The molecule has 0 amide bonds. The van der Waals surface area contributed by atoms with Crippen LogP contribution in [0.2, 0.25) is 0 Å². The van der Waals surface area contributed by atoms with Crippen LogP contribution >= 0.6 is 0 Å². The molecular weight excluding hydrogens is 256 g/mol. The first-order valence-electron chi connectivity index (χ1n) is 7.32. The second-order valence-corrected chi connectivity index (χ2v) is 5.04. The zero-order chi connectivity index (χ0) is 14.6. The van der Waals surface area contributed by atoms with E-state index in [9.17, 15) is 10.1 Å². The first kappa shape index (κ1) is 14.8. The van der Waals surface area contributed by atoms with Crippen LogP contribution in [0.3, 0.4) is 0 Å². The number of piperidine rings is 1. The summed E-state index contributed by atoms with van der Waals surface area (Å²) in [5, 5.41) is 10.6. The Bertz CT molecular complexity index is 445. The lowest BCUT2D eigenvalue weighted by molar-refractivity contribution is -0.384. The summed E-state index contributed by atoms with van der Waals surface area (Å²) >= 11 is 0. The van der Waals surface area contributed by atoms with Gasteiger partial charge in [0.25, 0.3) is 5.69 Å². The molecule has 1 aromatic carbocycles. The number of nitro groups is 1. The van der Waals surface area contributed by atoms with E-state index < -0.39 is 0 Å². The van der Waals surface area contributed by atoms with E-state index in [1.807, 2.05) is 26.0 Å². The summed E-state index contributed by atoms with van der Waals surface area (Å²) in [6.07, 6.45) is 3.30. The highest BCUT2D eigenvalue weighted by Gasteiger charge is 2.41. The van der Waals surface area contributed by atoms with Gasteiger partial charge in [0.2, 0.25) is 0 Å². The Labute approximate surface area is 119 Å². The summed E-state index contributed by atoms with van der Waals surface area (Å²) in [7, 11) is 0. The highest BCUT2D eigenvalue weighted by atomic mass is 16.6. The van der Waals surface area contributed by atoms with Crippen molar-refractivity contribution in [3.8, 4) is 0 Å². The molecule has 1 aromatic rings. The third-order valence-corrected chi connectivity index (χ3v) is 4.07. The number of hydrogen-bond acceptors (Lipinski definition) is 4. The Morgan fingerprint density at radius 3 is 2.10 bits per heavy atom. The molecule has 2 aliphatic rings. The Hall–Kier alpha value is -1.62. The van der Waals surface area contributed by atoms with Crippen molar-refractivity contribution in [2.75, 3.05) is 24.6 Å². The molecule has 5 nitrogen and oxygen atoms in total. The molecule has 1 spiro atoms. The number of non-ortho nitro benzene ring substituents is 1. The zero-order valence-electron chi connectivity index (χ0n) is 12.2. The summed E-state index contributed by atoms with van der Waals surface area (Å²) in [5.74, 6) is 0. The van der Waals surface area contributed by atoms with Crippen LogP contribution in [-0.4, -0.2) is 30.2 Å². The van der Waals surface area contributed by atoms with E-state index in [1.54, 1.807) is 12.1 Å². The van der Waals surface area contributed by atoms with Crippen molar-refractivity contribution in [1.82, 2.24) is 0 Å². The average molecular weight is 278 g/mol. The van der Waals surface area contributed by atoms with Crippen LogP contribution in [0.4, 0.5) is 11.4 Å². The largest absolute Gasteiger partial charge is 0.375 e. The lowest BCUT2D eigenvalue weighted by Crippen LogP contribution is -2.52. The van der Waals surface area contributed by atoms with Gasteiger partial charge in [0, 0.05) is 30.9 Å². The number of anilines is 1. The van der Waals surface area contributed by atoms with Gasteiger partial charge in [0.1, 0.15) is 0 Å². The van der Waals surface area contributed by atoms with Crippen LogP contribution in [0.1, 0.15) is 33.1 Å². The fraction of sp³-hybridized carbons (Fsp3) is 0.600. The van der Waals surface area contributed by atoms with Crippen LogP contribution in [0.15, 0.2) is 24.3 Å². The van der Waals surface area contributed by atoms with Crippen molar-refractivity contribution < 1.29 is 9.66 Å². The van der Waals surface area contributed by atoms with Crippen LogP contribution in [0.25, 0.3) is 0 Å². The topological polar surface area (TPSA) is 55.6 Å². The molecule has 3 rings (SSSR count). The normalized spacial score (nSPS) is 19.8. The fourth-order valence-corrected chi connectivity index (χ4v) is 2.74. The number of benzene rings is 1. The first-order chi connectivity index (χ1) is 9.69. The molecule has 0 radical (unpaired) electrons. The van der Waals surface area contributed by atoms with Crippen molar-refractivity contribution in [2.45, 2.75) is 38.7 Å². The Balaban J connectivity index is 0.000000704. The van der Waals surface area contributed by atoms with Gasteiger partial charge in [0.05, 0.1) is 17.1 Å². The summed E-state index contributed by atoms with van der Waals surface area (Å²) in [5.41, 5.74) is 1.36. The van der Waals surface area contributed by atoms with E-state index >= 15 is 0 Å². The Morgan fingerprint density at radius 1 is 1.15 bits per heavy atom. The molecule has 2 saturated heterocycles. The van der Waals surface area contributed by atoms with Gasteiger partial charge in [-0.1, -0.05) is 13.8 Å². The molecule has 5 heteroatoms. The maximum Gasteiger partial charge on any atom is 0.269 e. The SMILES string of the molecule is CC.O=[N+]([O-])c1ccc(N2CCC3(CCO3)CC2)cc1. The minimum atomic E-state index is -0.364. The van der Waals surface area contributed by atoms with Gasteiger partial charge in [0.15, 0.2) is 0 Å². The molecule has 2 aliphatic heterocycles. The number of hydrogen-bond donors (Lipinski definition) is 0. The van der Waals surface area contributed by atoms with Gasteiger partial charge in [-0.25, -0.2) is 0 Å². The molecule has 0 atom stereocenters. The van der Waals surface area contributed by atoms with E-state index in [-0.39, 0.29) is 16.2 Å². The minimum Gasteiger partial charge on any atom is -0.375 e. The first-order valence-corrected chi connectivity index (χ1v) is 7.32. The standard InChI is InChI=1S/C13H16N2O3.C2H6/c16-15(17)12-3-1-11(2-4-12)14-8-5-13(6-9-14)7-10-18-13;1-2/h1-4H,5-10H2;1-2H3. The van der Waals surface area contributed by atoms with E-state index in [0.29, 0.717) is 0 Å². The van der Waals surface area contributed by atoms with Crippen LogP contribution in [0, 0.1) is 10.1 Å². The molecule has 0 saturated carbocycles. The zero-order valence-corrected chi connectivity index (χ0v) is 12.2. The molecule has 0 aliphatic carbocycles. The number of nitro benzene ring substituents is 1. The Morgan fingerprint density at radius 2 is 1.70 bits per heavy atom. The summed E-state index contributed by atoms with van der Waals surface area (Å²) < 4.78 is 5.68. The molecule has 20 heavy (non-hydrogen) atoms. The van der Waals surface area contributed by atoms with Crippen molar-refractivity contribution in [3.05, 3.63) is 34.4 Å². The van der Waals surface area contributed by atoms with Crippen LogP contribution < -0.4 is 4.90 Å².